The third-order valence-electron chi connectivity index (χ3n) is 3.55. The van der Waals surface area contributed by atoms with Gasteiger partial charge in [-0.3, -0.25) is 0 Å². The van der Waals surface area contributed by atoms with E-state index in [9.17, 15) is 13.9 Å². The third kappa shape index (κ3) is 4.47. The Bertz CT molecular complexity index is 932. The van der Waals surface area contributed by atoms with Crippen molar-refractivity contribution < 1.29 is 23.4 Å². The van der Waals surface area contributed by atoms with E-state index < -0.39 is 17.7 Å². The van der Waals surface area contributed by atoms with Crippen LogP contribution in [0.2, 0.25) is 0 Å². The molecule has 0 radical (unpaired) electrons. The summed E-state index contributed by atoms with van der Waals surface area (Å²) in [6, 6.07) is 2.78. The Morgan fingerprint density at radius 2 is 2.11 bits per heavy atom. The number of hydrogen-bond donors (Lipinski definition) is 2. The second kappa shape index (κ2) is 8.23. The molecule has 0 bridgehead atoms. The van der Waals surface area contributed by atoms with E-state index in [2.05, 4.69) is 20.4 Å². The first-order valence-corrected chi connectivity index (χ1v) is 8.34. The van der Waals surface area contributed by atoms with E-state index in [0.29, 0.717) is 29.5 Å². The Balaban J connectivity index is 2.00. The number of fused-ring (bicyclic) bond motifs is 1. The predicted molar refractivity (Wildman–Crippen MR) is 93.6 cm³/mol. The molecule has 1 atom stereocenters. The van der Waals surface area contributed by atoms with Gasteiger partial charge in [-0.05, 0) is 26.0 Å². The normalized spacial score (nSPS) is 12.3. The molecule has 1 aromatic carbocycles. The number of benzene rings is 1. The van der Waals surface area contributed by atoms with Gasteiger partial charge in [0.25, 0.3) is 0 Å². The van der Waals surface area contributed by atoms with E-state index in [1.165, 1.54) is 4.68 Å². The number of halogens is 2. The van der Waals surface area contributed by atoms with Crippen LogP contribution in [-0.2, 0) is 11.5 Å². The molecule has 2 N–H and O–H groups in total. The summed E-state index contributed by atoms with van der Waals surface area (Å²) >= 11 is 0. The molecule has 27 heavy (non-hydrogen) atoms. The molecule has 10 heteroatoms. The van der Waals surface area contributed by atoms with Crippen LogP contribution < -0.4 is 10.1 Å². The van der Waals surface area contributed by atoms with Crippen LogP contribution in [-0.4, -0.2) is 44.1 Å². The van der Waals surface area contributed by atoms with Gasteiger partial charge >= 0.3 is 6.01 Å². The summed E-state index contributed by atoms with van der Waals surface area (Å²) < 4.78 is 39.2. The van der Waals surface area contributed by atoms with Crippen molar-refractivity contribution in [2.24, 2.45) is 0 Å². The first-order chi connectivity index (χ1) is 13.0. The molecule has 3 aromatic rings. The lowest BCUT2D eigenvalue weighted by molar-refractivity contribution is 0.0818. The van der Waals surface area contributed by atoms with Crippen LogP contribution in [0.15, 0.2) is 24.4 Å². The summed E-state index contributed by atoms with van der Waals surface area (Å²) in [6.45, 7) is 4.35. The fourth-order valence-electron chi connectivity index (χ4n) is 2.29. The highest BCUT2D eigenvalue weighted by atomic mass is 19.1. The lowest BCUT2D eigenvalue weighted by Gasteiger charge is -2.11. The van der Waals surface area contributed by atoms with Gasteiger partial charge in [-0.1, -0.05) is 0 Å². The molecule has 0 aliphatic rings. The zero-order valence-corrected chi connectivity index (χ0v) is 14.8. The highest BCUT2D eigenvalue weighted by Crippen LogP contribution is 2.27. The number of nitrogens with zero attached hydrogens (tertiary/aromatic N) is 4. The van der Waals surface area contributed by atoms with E-state index in [-0.39, 0.29) is 25.0 Å². The molecule has 2 heterocycles. The minimum atomic E-state index is -0.875. The van der Waals surface area contributed by atoms with Crippen molar-refractivity contribution in [3.05, 3.63) is 36.0 Å². The van der Waals surface area contributed by atoms with Crippen LogP contribution >= 0.6 is 0 Å². The SMILES string of the molecule is CCOCn1ncc2c(NC[C@H](C)O)nc(Oc3ccc(F)cc3F)nc21. The molecular formula is C17H19F2N5O3. The largest absolute Gasteiger partial charge is 0.421 e. The van der Waals surface area contributed by atoms with Crippen molar-refractivity contribution in [1.82, 2.24) is 19.7 Å². The number of rotatable bonds is 8. The summed E-state index contributed by atoms with van der Waals surface area (Å²) in [5, 5.41) is 17.3. The van der Waals surface area contributed by atoms with Crippen LogP contribution in [0.1, 0.15) is 13.8 Å². The van der Waals surface area contributed by atoms with E-state index in [4.69, 9.17) is 9.47 Å². The Hall–Kier alpha value is -2.85. The van der Waals surface area contributed by atoms with Gasteiger partial charge in [-0.15, -0.1) is 0 Å². The first kappa shape index (κ1) is 18.9. The van der Waals surface area contributed by atoms with Gasteiger partial charge in [0.1, 0.15) is 18.4 Å². The number of nitrogens with one attached hydrogen (secondary N) is 1. The monoisotopic (exact) mass is 379 g/mol. The quantitative estimate of drug-likeness (QED) is 0.621. The second-order valence-corrected chi connectivity index (χ2v) is 5.76. The molecule has 0 spiro atoms. The van der Waals surface area contributed by atoms with Crippen molar-refractivity contribution in [2.75, 3.05) is 18.5 Å². The van der Waals surface area contributed by atoms with E-state index in [0.717, 1.165) is 12.1 Å². The fourth-order valence-corrected chi connectivity index (χ4v) is 2.29. The molecule has 2 aromatic heterocycles. The van der Waals surface area contributed by atoms with Crippen molar-refractivity contribution in [3.8, 4) is 11.8 Å². The summed E-state index contributed by atoms with van der Waals surface area (Å²) in [7, 11) is 0. The molecular weight excluding hydrogens is 360 g/mol. The molecule has 0 saturated heterocycles. The Morgan fingerprint density at radius 3 is 2.81 bits per heavy atom. The Morgan fingerprint density at radius 1 is 1.30 bits per heavy atom. The average molecular weight is 379 g/mol. The number of aliphatic hydroxyl groups excluding tert-OH is 1. The van der Waals surface area contributed by atoms with E-state index in [1.807, 2.05) is 6.92 Å². The zero-order chi connectivity index (χ0) is 19.4. The Labute approximate surface area is 153 Å². The smallest absolute Gasteiger partial charge is 0.326 e. The standard InChI is InChI=1S/C17H19F2N5O3/c1-3-26-9-24-16-12(8-21-24)15(20-7-10(2)25)22-17(23-16)27-14-5-4-11(18)6-13(14)19/h4-6,8,10,25H,3,7,9H2,1-2H3,(H,20,22,23)/t10-/m0/s1. The molecule has 0 aliphatic heterocycles. The summed E-state index contributed by atoms with van der Waals surface area (Å²) in [6.07, 6.45) is 0.938. The fraction of sp³-hybridized carbons (Fsp3) is 0.353. The van der Waals surface area contributed by atoms with Gasteiger partial charge in [0.15, 0.2) is 17.2 Å². The maximum absolute atomic E-state index is 13.9. The molecule has 8 nitrogen and oxygen atoms in total. The van der Waals surface area contributed by atoms with Crippen LogP contribution in [0.3, 0.4) is 0 Å². The minimum absolute atomic E-state index is 0.153. The molecule has 0 amide bonds. The van der Waals surface area contributed by atoms with Gasteiger partial charge in [-0.2, -0.15) is 15.1 Å². The second-order valence-electron chi connectivity index (χ2n) is 5.76. The molecule has 144 valence electrons. The maximum atomic E-state index is 13.9. The van der Waals surface area contributed by atoms with E-state index >= 15 is 0 Å². The lowest BCUT2D eigenvalue weighted by Crippen LogP contribution is -2.16. The Kier molecular flexibility index (Phi) is 5.77. The number of aliphatic hydroxyl groups is 1. The zero-order valence-electron chi connectivity index (χ0n) is 14.8. The van der Waals surface area contributed by atoms with Gasteiger partial charge in [0.05, 0.1) is 17.7 Å². The topological polar surface area (TPSA) is 94.3 Å². The van der Waals surface area contributed by atoms with Gasteiger partial charge < -0.3 is 19.9 Å². The molecule has 3 rings (SSSR count). The highest BCUT2D eigenvalue weighted by molar-refractivity contribution is 5.86. The van der Waals surface area contributed by atoms with Crippen LogP contribution in [0.5, 0.6) is 11.8 Å². The molecule has 0 saturated carbocycles. The van der Waals surface area contributed by atoms with E-state index in [1.54, 1.807) is 13.1 Å². The number of ether oxygens (including phenoxy) is 2. The number of hydrogen-bond acceptors (Lipinski definition) is 7. The van der Waals surface area contributed by atoms with Crippen LogP contribution in [0.4, 0.5) is 14.6 Å². The number of anilines is 1. The highest BCUT2D eigenvalue weighted by Gasteiger charge is 2.16. The summed E-state index contributed by atoms with van der Waals surface area (Å²) in [5.41, 5.74) is 0.407. The van der Waals surface area contributed by atoms with Crippen LogP contribution in [0, 0.1) is 11.6 Å². The lowest BCUT2D eigenvalue weighted by atomic mass is 10.3. The van der Waals surface area contributed by atoms with Crippen molar-refractivity contribution in [3.63, 3.8) is 0 Å². The molecule has 0 aliphatic carbocycles. The van der Waals surface area contributed by atoms with Crippen LogP contribution in [0.25, 0.3) is 11.0 Å². The van der Waals surface area contributed by atoms with Crippen molar-refractivity contribution >= 4 is 16.9 Å². The summed E-state index contributed by atoms with van der Waals surface area (Å²) in [5.74, 6) is -1.44. The van der Waals surface area contributed by atoms with Gasteiger partial charge in [0, 0.05) is 19.2 Å². The van der Waals surface area contributed by atoms with Crippen molar-refractivity contribution in [2.45, 2.75) is 26.7 Å². The average Bonchev–Trinajstić information content (AvgIpc) is 3.03. The molecule has 0 unspecified atom stereocenters. The first-order valence-electron chi connectivity index (χ1n) is 8.34. The maximum Gasteiger partial charge on any atom is 0.326 e. The number of aromatic nitrogens is 4. The third-order valence-corrected chi connectivity index (χ3v) is 3.55. The minimum Gasteiger partial charge on any atom is -0.421 e. The predicted octanol–water partition coefficient (Wildman–Crippen LogP) is 2.68. The summed E-state index contributed by atoms with van der Waals surface area (Å²) in [4.78, 5) is 8.47. The molecule has 0 fully saturated rings. The van der Waals surface area contributed by atoms with Gasteiger partial charge in [-0.25, -0.2) is 13.5 Å². The van der Waals surface area contributed by atoms with Gasteiger partial charge in [0.2, 0.25) is 0 Å². The van der Waals surface area contributed by atoms with Crippen molar-refractivity contribution in [1.29, 1.82) is 0 Å².